The third-order valence-electron chi connectivity index (χ3n) is 2.13. The maximum absolute atomic E-state index is 5.84. The number of halogens is 2. The van der Waals surface area contributed by atoms with Gasteiger partial charge in [0.25, 0.3) is 0 Å². The molecule has 0 radical (unpaired) electrons. The van der Waals surface area contributed by atoms with E-state index in [0.29, 0.717) is 11.8 Å². The normalized spacial score (nSPS) is 10.7. The molecule has 0 saturated heterocycles. The van der Waals surface area contributed by atoms with Gasteiger partial charge in [0, 0.05) is 5.56 Å². The van der Waals surface area contributed by atoms with Crippen LogP contribution >= 0.6 is 27.5 Å². The molecule has 1 aromatic carbocycles. The van der Waals surface area contributed by atoms with Crippen LogP contribution in [0, 0.1) is 5.92 Å². The summed E-state index contributed by atoms with van der Waals surface area (Å²) in [7, 11) is 0. The van der Waals surface area contributed by atoms with Gasteiger partial charge in [-0.1, -0.05) is 26.0 Å². The second-order valence-corrected chi connectivity index (χ2v) is 5.01. The zero-order valence-corrected chi connectivity index (χ0v) is 11.4. The second-order valence-electron chi connectivity index (χ2n) is 3.89. The van der Waals surface area contributed by atoms with E-state index in [1.165, 1.54) is 0 Å². The van der Waals surface area contributed by atoms with Gasteiger partial charge in [0.2, 0.25) is 0 Å². The summed E-state index contributed by atoms with van der Waals surface area (Å²) in [6, 6.07) is 5.93. The Morgan fingerprint density at radius 2 is 2.13 bits per heavy atom. The molecule has 0 aliphatic heterocycles. The fraction of sp³-hybridized carbons (Fsp3) is 0.500. The van der Waals surface area contributed by atoms with Crippen LogP contribution in [-0.2, 0) is 5.88 Å². The average molecular weight is 292 g/mol. The Kier molecular flexibility index (Phi) is 5.48. The largest absolute Gasteiger partial charge is 0.492 e. The minimum atomic E-state index is 0.483. The molecule has 0 N–H and O–H groups in total. The second kappa shape index (κ2) is 6.39. The van der Waals surface area contributed by atoms with Crippen molar-refractivity contribution >= 4 is 27.5 Å². The number of benzene rings is 1. The molecule has 1 rings (SSSR count). The van der Waals surface area contributed by atoms with E-state index in [9.17, 15) is 0 Å². The molecule has 0 aliphatic rings. The fourth-order valence-electron chi connectivity index (χ4n) is 1.22. The monoisotopic (exact) mass is 290 g/mol. The van der Waals surface area contributed by atoms with E-state index in [0.717, 1.165) is 28.8 Å². The maximum Gasteiger partial charge on any atom is 0.137 e. The summed E-state index contributed by atoms with van der Waals surface area (Å²) in [5, 5.41) is 0. The first-order valence-electron chi connectivity index (χ1n) is 5.11. The molecular formula is C12H16BrClO. The van der Waals surface area contributed by atoms with Gasteiger partial charge in [-0.25, -0.2) is 0 Å². The van der Waals surface area contributed by atoms with E-state index in [4.69, 9.17) is 16.3 Å². The lowest BCUT2D eigenvalue weighted by Gasteiger charge is -2.12. The molecule has 0 spiro atoms. The molecule has 3 heteroatoms. The highest BCUT2D eigenvalue weighted by Crippen LogP contribution is 2.30. The molecule has 1 aromatic rings. The lowest BCUT2D eigenvalue weighted by atomic mass is 10.1. The molecule has 0 amide bonds. The summed E-state index contributed by atoms with van der Waals surface area (Å²) in [6.45, 7) is 5.11. The van der Waals surface area contributed by atoms with Crippen LogP contribution in [-0.4, -0.2) is 6.61 Å². The van der Waals surface area contributed by atoms with E-state index in [-0.39, 0.29) is 0 Å². The zero-order chi connectivity index (χ0) is 11.3. The van der Waals surface area contributed by atoms with Crippen LogP contribution in [0.15, 0.2) is 22.7 Å². The van der Waals surface area contributed by atoms with E-state index in [2.05, 4.69) is 29.8 Å². The third kappa shape index (κ3) is 4.04. The highest BCUT2D eigenvalue weighted by atomic mass is 79.9. The van der Waals surface area contributed by atoms with Crippen LogP contribution in [0.4, 0.5) is 0 Å². The Balaban J connectivity index is 2.66. The summed E-state index contributed by atoms with van der Waals surface area (Å²) >= 11 is 9.32. The molecule has 0 atom stereocenters. The summed E-state index contributed by atoms with van der Waals surface area (Å²) in [5.41, 5.74) is 1.04. The Morgan fingerprint density at radius 3 is 2.73 bits per heavy atom. The highest BCUT2D eigenvalue weighted by Gasteiger charge is 2.07. The van der Waals surface area contributed by atoms with Crippen molar-refractivity contribution in [1.82, 2.24) is 0 Å². The molecule has 0 unspecified atom stereocenters. The molecule has 0 fully saturated rings. The number of ether oxygens (including phenoxy) is 1. The van der Waals surface area contributed by atoms with Crippen molar-refractivity contribution in [3.05, 3.63) is 28.2 Å². The number of hydrogen-bond donors (Lipinski definition) is 0. The summed E-state index contributed by atoms with van der Waals surface area (Å²) in [6.07, 6.45) is 1.06. The van der Waals surface area contributed by atoms with Crippen LogP contribution < -0.4 is 4.74 Å². The summed E-state index contributed by atoms with van der Waals surface area (Å²) in [4.78, 5) is 0. The SMILES string of the molecule is CC(C)CCOc1c(Br)cccc1CCl. The van der Waals surface area contributed by atoms with Crippen molar-refractivity contribution in [3.8, 4) is 5.75 Å². The smallest absolute Gasteiger partial charge is 0.137 e. The molecule has 0 heterocycles. The van der Waals surface area contributed by atoms with E-state index < -0.39 is 0 Å². The van der Waals surface area contributed by atoms with E-state index in [1.54, 1.807) is 0 Å². The van der Waals surface area contributed by atoms with Crippen LogP contribution in [0.3, 0.4) is 0 Å². The topological polar surface area (TPSA) is 9.23 Å². The van der Waals surface area contributed by atoms with Gasteiger partial charge in [-0.05, 0) is 34.3 Å². The lowest BCUT2D eigenvalue weighted by molar-refractivity contribution is 0.286. The van der Waals surface area contributed by atoms with E-state index >= 15 is 0 Å². The van der Waals surface area contributed by atoms with Crippen molar-refractivity contribution in [3.63, 3.8) is 0 Å². The van der Waals surface area contributed by atoms with Gasteiger partial charge in [0.1, 0.15) is 5.75 Å². The van der Waals surface area contributed by atoms with Gasteiger partial charge >= 0.3 is 0 Å². The van der Waals surface area contributed by atoms with Gasteiger partial charge in [0.15, 0.2) is 0 Å². The molecule has 0 bridgehead atoms. The van der Waals surface area contributed by atoms with Gasteiger partial charge in [-0.15, -0.1) is 11.6 Å². The Hall–Kier alpha value is -0.210. The van der Waals surface area contributed by atoms with Gasteiger partial charge in [0.05, 0.1) is 17.0 Å². The van der Waals surface area contributed by atoms with Crippen molar-refractivity contribution in [1.29, 1.82) is 0 Å². The third-order valence-corrected chi connectivity index (χ3v) is 3.05. The van der Waals surface area contributed by atoms with Crippen LogP contribution in [0.25, 0.3) is 0 Å². The van der Waals surface area contributed by atoms with Crippen molar-refractivity contribution in [2.45, 2.75) is 26.1 Å². The van der Waals surface area contributed by atoms with Gasteiger partial charge in [-0.2, -0.15) is 0 Å². The predicted octanol–water partition coefficient (Wildman–Crippen LogP) is 4.61. The molecule has 0 saturated carbocycles. The first kappa shape index (κ1) is 12.9. The minimum Gasteiger partial charge on any atom is -0.492 e. The summed E-state index contributed by atoms with van der Waals surface area (Å²) < 4.78 is 6.71. The predicted molar refractivity (Wildman–Crippen MR) is 68.6 cm³/mol. The number of alkyl halides is 1. The quantitative estimate of drug-likeness (QED) is 0.720. The van der Waals surface area contributed by atoms with Crippen molar-refractivity contribution in [2.75, 3.05) is 6.61 Å². The molecule has 84 valence electrons. The fourth-order valence-corrected chi connectivity index (χ4v) is 1.95. The Bertz CT molecular complexity index is 312. The van der Waals surface area contributed by atoms with Crippen molar-refractivity contribution in [2.24, 2.45) is 5.92 Å². The lowest BCUT2D eigenvalue weighted by Crippen LogP contribution is -2.03. The van der Waals surface area contributed by atoms with E-state index in [1.807, 2.05) is 18.2 Å². The zero-order valence-electron chi connectivity index (χ0n) is 9.09. The maximum atomic E-state index is 5.84. The number of hydrogen-bond acceptors (Lipinski definition) is 1. The Morgan fingerprint density at radius 1 is 1.40 bits per heavy atom. The van der Waals surface area contributed by atoms with Gasteiger partial charge in [-0.3, -0.25) is 0 Å². The number of para-hydroxylation sites is 1. The standard InChI is InChI=1S/C12H16BrClO/c1-9(2)6-7-15-12-10(8-14)4-3-5-11(12)13/h3-5,9H,6-8H2,1-2H3. The highest BCUT2D eigenvalue weighted by molar-refractivity contribution is 9.10. The van der Waals surface area contributed by atoms with Crippen LogP contribution in [0.2, 0.25) is 0 Å². The summed E-state index contributed by atoms with van der Waals surface area (Å²) in [5.74, 6) is 2.02. The minimum absolute atomic E-state index is 0.483. The van der Waals surface area contributed by atoms with Crippen LogP contribution in [0.1, 0.15) is 25.8 Å². The first-order valence-corrected chi connectivity index (χ1v) is 6.44. The van der Waals surface area contributed by atoms with Crippen LogP contribution in [0.5, 0.6) is 5.75 Å². The molecule has 0 aromatic heterocycles. The molecular weight excluding hydrogens is 275 g/mol. The number of rotatable bonds is 5. The molecule has 0 aliphatic carbocycles. The first-order chi connectivity index (χ1) is 7.15. The Labute approximate surface area is 105 Å². The molecule has 1 nitrogen and oxygen atoms in total. The average Bonchev–Trinajstić information content (AvgIpc) is 2.20. The van der Waals surface area contributed by atoms with Crippen molar-refractivity contribution < 1.29 is 4.74 Å². The molecule has 15 heavy (non-hydrogen) atoms. The van der Waals surface area contributed by atoms with Gasteiger partial charge < -0.3 is 4.74 Å².